The topological polar surface area (TPSA) is 6.48 Å². The molecule has 13 aromatic carbocycles. The summed E-state index contributed by atoms with van der Waals surface area (Å²) in [6, 6.07) is 97.7. The van der Waals surface area contributed by atoms with Crippen molar-refractivity contribution in [1.82, 2.24) is 0 Å². The second-order valence-electron chi connectivity index (χ2n) is 17.6. The fourth-order valence-corrected chi connectivity index (χ4v) is 10.7. The van der Waals surface area contributed by atoms with Crippen LogP contribution in [0.15, 0.2) is 267 Å². The number of benzene rings is 13. The number of hydrogen-bond acceptors (Lipinski definition) is 2. The predicted molar refractivity (Wildman–Crippen MR) is 292 cm³/mol. The van der Waals surface area contributed by atoms with E-state index in [0.29, 0.717) is 0 Å². The van der Waals surface area contributed by atoms with Crippen LogP contribution in [0.25, 0.3) is 86.9 Å². The Morgan fingerprint density at radius 2 is 0.441 bits per heavy atom. The molecular weight excluding hydrogens is 821 g/mol. The molecule has 0 radical (unpaired) electrons. The summed E-state index contributed by atoms with van der Waals surface area (Å²) in [6.07, 6.45) is 0. The molecule has 2 heteroatoms. The van der Waals surface area contributed by atoms with Crippen LogP contribution in [0, 0.1) is 0 Å². The fraction of sp³-hybridized carbons (Fsp3) is 0. The second kappa shape index (κ2) is 16.5. The molecule has 0 fully saturated rings. The van der Waals surface area contributed by atoms with Gasteiger partial charge in [-0.1, -0.05) is 194 Å². The Balaban J connectivity index is 1.09. The van der Waals surface area contributed by atoms with Crippen LogP contribution in [0.4, 0.5) is 34.1 Å². The molecule has 13 aromatic rings. The normalized spacial score (nSPS) is 11.5. The van der Waals surface area contributed by atoms with Crippen molar-refractivity contribution in [3.63, 3.8) is 0 Å². The first kappa shape index (κ1) is 39.4. The van der Waals surface area contributed by atoms with Crippen LogP contribution < -0.4 is 9.80 Å². The summed E-state index contributed by atoms with van der Waals surface area (Å²) in [5.74, 6) is 0. The Kier molecular flexibility index (Phi) is 9.54. The molecule has 0 aliphatic heterocycles. The van der Waals surface area contributed by atoms with E-state index in [1.807, 2.05) is 0 Å². The third-order valence-corrected chi connectivity index (χ3v) is 13.7. The van der Waals surface area contributed by atoms with Gasteiger partial charge in [0.1, 0.15) is 0 Å². The van der Waals surface area contributed by atoms with Gasteiger partial charge < -0.3 is 9.80 Å². The van der Waals surface area contributed by atoms with Crippen molar-refractivity contribution < 1.29 is 0 Å². The molecule has 0 atom stereocenters. The maximum atomic E-state index is 2.43. The maximum Gasteiger partial charge on any atom is 0.0618 e. The largest absolute Gasteiger partial charge is 0.309 e. The average Bonchev–Trinajstić information content (AvgIpc) is 3.41. The lowest BCUT2D eigenvalue weighted by molar-refractivity contribution is 1.31. The predicted octanol–water partition coefficient (Wildman–Crippen LogP) is 18.9. The van der Waals surface area contributed by atoms with Crippen LogP contribution in [-0.2, 0) is 0 Å². The van der Waals surface area contributed by atoms with E-state index < -0.39 is 0 Å². The minimum Gasteiger partial charge on any atom is -0.309 e. The highest BCUT2D eigenvalue weighted by Gasteiger charge is 2.23. The van der Waals surface area contributed by atoms with Crippen molar-refractivity contribution in [2.75, 3.05) is 9.80 Å². The summed E-state index contributed by atoms with van der Waals surface area (Å²) in [7, 11) is 0. The molecule has 0 amide bonds. The summed E-state index contributed by atoms with van der Waals surface area (Å²) in [5, 5.41) is 14.5. The van der Waals surface area contributed by atoms with Gasteiger partial charge in [-0.05, 0) is 138 Å². The Labute approximate surface area is 395 Å². The molecule has 13 rings (SSSR count). The first-order chi connectivity index (χ1) is 33.8. The molecule has 0 aliphatic rings. The molecule has 0 saturated carbocycles. The van der Waals surface area contributed by atoms with Crippen LogP contribution in [0.3, 0.4) is 0 Å². The van der Waals surface area contributed by atoms with Crippen LogP contribution >= 0.6 is 0 Å². The summed E-state index contributed by atoms with van der Waals surface area (Å²) in [5.41, 5.74) is 11.6. The molecule has 68 heavy (non-hydrogen) atoms. The molecular formula is C66H44N2. The highest BCUT2D eigenvalue weighted by Crippen LogP contribution is 2.50. The van der Waals surface area contributed by atoms with Crippen molar-refractivity contribution in [2.45, 2.75) is 0 Å². The van der Waals surface area contributed by atoms with E-state index in [0.717, 1.165) is 22.7 Å². The third kappa shape index (κ3) is 6.57. The van der Waals surface area contributed by atoms with Gasteiger partial charge in [0.15, 0.2) is 0 Å². The summed E-state index contributed by atoms with van der Waals surface area (Å²) in [6.45, 7) is 0. The summed E-state index contributed by atoms with van der Waals surface area (Å²) in [4.78, 5) is 4.86. The van der Waals surface area contributed by atoms with Gasteiger partial charge in [-0.2, -0.15) is 0 Å². The number of rotatable bonds is 8. The highest BCUT2D eigenvalue weighted by molar-refractivity contribution is 6.23. The van der Waals surface area contributed by atoms with Crippen LogP contribution in [-0.4, -0.2) is 0 Å². The van der Waals surface area contributed by atoms with Crippen molar-refractivity contribution in [3.05, 3.63) is 267 Å². The van der Waals surface area contributed by atoms with E-state index in [9.17, 15) is 0 Å². The molecule has 0 aliphatic carbocycles. The number of para-hydroxylation sites is 4. The minimum atomic E-state index is 1.12. The lowest BCUT2D eigenvalue weighted by Crippen LogP contribution is -2.11. The zero-order chi connectivity index (χ0) is 45.0. The number of anilines is 6. The molecule has 0 spiro atoms. The lowest BCUT2D eigenvalue weighted by atomic mass is 9.86. The van der Waals surface area contributed by atoms with Gasteiger partial charge in [-0.25, -0.2) is 0 Å². The second-order valence-corrected chi connectivity index (χ2v) is 17.6. The molecule has 0 aromatic heterocycles. The summed E-state index contributed by atoms with van der Waals surface area (Å²) < 4.78 is 0. The molecule has 318 valence electrons. The fourth-order valence-electron chi connectivity index (χ4n) is 10.7. The molecule has 0 N–H and O–H groups in total. The van der Waals surface area contributed by atoms with Gasteiger partial charge in [0.2, 0.25) is 0 Å². The average molecular weight is 865 g/mol. The first-order valence-electron chi connectivity index (χ1n) is 23.4. The number of hydrogen-bond donors (Lipinski definition) is 0. The van der Waals surface area contributed by atoms with Crippen molar-refractivity contribution in [3.8, 4) is 22.3 Å². The zero-order valence-corrected chi connectivity index (χ0v) is 37.3. The first-order valence-corrected chi connectivity index (χ1v) is 23.4. The van der Waals surface area contributed by atoms with Gasteiger partial charge in [0.05, 0.1) is 11.4 Å². The Hall–Kier alpha value is -8.98. The van der Waals surface area contributed by atoms with Crippen molar-refractivity contribution in [1.29, 1.82) is 0 Å². The quantitative estimate of drug-likeness (QED) is 0.140. The molecule has 0 bridgehead atoms. The van der Waals surface area contributed by atoms with Crippen LogP contribution in [0.2, 0.25) is 0 Å². The molecule has 0 unspecified atom stereocenters. The lowest BCUT2D eigenvalue weighted by Gasteiger charge is -2.29. The molecule has 0 heterocycles. The number of fused-ring (bicyclic) bond motifs is 6. The Morgan fingerprint density at radius 3 is 0.809 bits per heavy atom. The monoisotopic (exact) mass is 864 g/mol. The summed E-state index contributed by atoms with van der Waals surface area (Å²) >= 11 is 0. The molecule has 0 saturated heterocycles. The van der Waals surface area contributed by atoms with E-state index in [-0.39, 0.29) is 0 Å². The number of nitrogens with zero attached hydrogens (tertiary/aromatic N) is 2. The van der Waals surface area contributed by atoms with Crippen molar-refractivity contribution >= 4 is 98.8 Å². The van der Waals surface area contributed by atoms with Gasteiger partial charge in [-0.15, -0.1) is 0 Å². The Bertz CT molecular complexity index is 3670. The van der Waals surface area contributed by atoms with E-state index in [4.69, 9.17) is 0 Å². The van der Waals surface area contributed by atoms with Crippen molar-refractivity contribution in [2.24, 2.45) is 0 Å². The van der Waals surface area contributed by atoms with E-state index in [2.05, 4.69) is 277 Å². The zero-order valence-electron chi connectivity index (χ0n) is 37.3. The van der Waals surface area contributed by atoms with Gasteiger partial charge in [-0.3, -0.25) is 0 Å². The van der Waals surface area contributed by atoms with Gasteiger partial charge >= 0.3 is 0 Å². The Morgan fingerprint density at radius 1 is 0.176 bits per heavy atom. The SMILES string of the molecule is c1ccc(N(c2ccccc2)c2c3ccccc3cc3c(-c4ccc(-c5cccc6c(N(c7ccccc7)c7ccccc7)c7ccccc7cc56)c5cc6ccccc6cc45)cccc23)cc1. The maximum absolute atomic E-state index is 2.43. The standard InChI is InChI=1S/C66H44N2/c1-5-25-49(26-6-1)67(50-27-7-2-8-28-50)65-53-33-17-15-23-47(53)43-61-55(35-19-37-59(61)65)57-39-40-58(64-42-46-22-14-13-21-45(46)41-63(57)64)56-36-20-38-60-62(56)44-48-24-16-18-34-54(48)66(60)68(51-29-9-3-10-30-51)52-31-11-4-12-32-52/h1-44H. The smallest absolute Gasteiger partial charge is 0.0618 e. The van der Waals surface area contributed by atoms with E-state index >= 15 is 0 Å². The van der Waals surface area contributed by atoms with Crippen LogP contribution in [0.5, 0.6) is 0 Å². The van der Waals surface area contributed by atoms with E-state index in [1.165, 1.54) is 98.3 Å². The van der Waals surface area contributed by atoms with Crippen LogP contribution in [0.1, 0.15) is 0 Å². The van der Waals surface area contributed by atoms with Gasteiger partial charge in [0, 0.05) is 44.3 Å². The van der Waals surface area contributed by atoms with Gasteiger partial charge in [0.25, 0.3) is 0 Å². The van der Waals surface area contributed by atoms with E-state index in [1.54, 1.807) is 0 Å². The minimum absolute atomic E-state index is 1.12. The third-order valence-electron chi connectivity index (χ3n) is 13.7. The highest BCUT2D eigenvalue weighted by atomic mass is 15.2. The molecule has 2 nitrogen and oxygen atoms in total.